The molecular formula is C10H13N3O2. The van der Waals surface area contributed by atoms with Crippen molar-refractivity contribution in [3.63, 3.8) is 0 Å². The summed E-state index contributed by atoms with van der Waals surface area (Å²) in [6, 6.07) is 0.329. The van der Waals surface area contributed by atoms with Crippen molar-refractivity contribution in [2.24, 2.45) is 0 Å². The number of carbonyl (C=O) groups is 1. The monoisotopic (exact) mass is 207 g/mol. The molecule has 80 valence electrons. The number of methoxy groups -OCH3 is 1. The van der Waals surface area contributed by atoms with Gasteiger partial charge in [0.05, 0.1) is 13.0 Å². The molecule has 0 bridgehead atoms. The van der Waals surface area contributed by atoms with E-state index in [9.17, 15) is 4.79 Å². The predicted molar refractivity (Wildman–Crippen MR) is 53.8 cm³/mol. The van der Waals surface area contributed by atoms with Crippen LogP contribution in [0.15, 0.2) is 12.4 Å². The third-order valence-electron chi connectivity index (χ3n) is 2.52. The minimum atomic E-state index is -0.107. The van der Waals surface area contributed by atoms with Crippen molar-refractivity contribution in [3.05, 3.63) is 18.0 Å². The van der Waals surface area contributed by atoms with Crippen LogP contribution in [0.25, 0.3) is 0 Å². The Morgan fingerprint density at radius 1 is 1.47 bits per heavy atom. The molecule has 2 heterocycles. The van der Waals surface area contributed by atoms with Gasteiger partial charge in [-0.05, 0) is 0 Å². The quantitative estimate of drug-likeness (QED) is 0.746. The highest BCUT2D eigenvalue weighted by Gasteiger charge is 2.24. The minimum Gasteiger partial charge on any atom is -0.467 e. The van der Waals surface area contributed by atoms with E-state index in [0.29, 0.717) is 19.0 Å². The van der Waals surface area contributed by atoms with Crippen molar-refractivity contribution in [2.45, 2.75) is 12.3 Å². The maximum atomic E-state index is 11.6. The Hall–Kier alpha value is -1.49. The Morgan fingerprint density at radius 2 is 2.20 bits per heavy atom. The first-order chi connectivity index (χ1) is 7.31. The van der Waals surface area contributed by atoms with Gasteiger partial charge in [-0.3, -0.25) is 4.79 Å². The number of piperidine rings is 1. The Bertz CT molecular complexity index is 350. The van der Waals surface area contributed by atoms with E-state index in [-0.39, 0.29) is 11.7 Å². The molecule has 5 heteroatoms. The fraction of sp³-hybridized carbons (Fsp3) is 0.500. The van der Waals surface area contributed by atoms with Crippen molar-refractivity contribution in [3.8, 4) is 6.01 Å². The molecule has 5 nitrogen and oxygen atoms in total. The summed E-state index contributed by atoms with van der Waals surface area (Å²) in [7, 11) is 1.52. The summed E-state index contributed by atoms with van der Waals surface area (Å²) in [5.74, 6) is 0.146. The van der Waals surface area contributed by atoms with Gasteiger partial charge in [0.2, 0.25) is 0 Å². The lowest BCUT2D eigenvalue weighted by Gasteiger charge is -2.21. The Kier molecular flexibility index (Phi) is 2.91. The lowest BCUT2D eigenvalue weighted by Crippen LogP contribution is -2.35. The molecular weight excluding hydrogens is 194 g/mol. The Balaban J connectivity index is 2.17. The largest absolute Gasteiger partial charge is 0.467 e. The van der Waals surface area contributed by atoms with E-state index < -0.39 is 0 Å². The van der Waals surface area contributed by atoms with Crippen LogP contribution < -0.4 is 10.1 Å². The van der Waals surface area contributed by atoms with Crippen LogP contribution in [-0.4, -0.2) is 36.0 Å². The molecule has 1 aromatic heterocycles. The number of ketones is 1. The van der Waals surface area contributed by atoms with Gasteiger partial charge >= 0.3 is 6.01 Å². The van der Waals surface area contributed by atoms with Crippen LogP contribution in [0.3, 0.4) is 0 Å². The maximum absolute atomic E-state index is 11.6. The van der Waals surface area contributed by atoms with E-state index in [1.54, 1.807) is 12.4 Å². The van der Waals surface area contributed by atoms with E-state index in [1.807, 2.05) is 0 Å². The summed E-state index contributed by atoms with van der Waals surface area (Å²) in [4.78, 5) is 19.6. The molecule has 0 radical (unpaired) electrons. The van der Waals surface area contributed by atoms with E-state index in [1.165, 1.54) is 7.11 Å². The molecule has 0 saturated carbocycles. The van der Waals surface area contributed by atoms with E-state index in [2.05, 4.69) is 15.3 Å². The molecule has 1 fully saturated rings. The Labute approximate surface area is 87.9 Å². The normalized spacial score (nSPS) is 21.4. The molecule has 0 aromatic carbocycles. The number of hydrogen-bond donors (Lipinski definition) is 1. The molecule has 2 rings (SSSR count). The second-order valence-corrected chi connectivity index (χ2v) is 3.48. The van der Waals surface area contributed by atoms with Gasteiger partial charge in [-0.15, -0.1) is 0 Å². The topological polar surface area (TPSA) is 64.1 Å². The number of nitrogens with zero attached hydrogens (tertiary/aromatic N) is 2. The van der Waals surface area contributed by atoms with E-state index in [4.69, 9.17) is 4.74 Å². The van der Waals surface area contributed by atoms with Gasteiger partial charge in [-0.2, -0.15) is 0 Å². The van der Waals surface area contributed by atoms with Gasteiger partial charge in [-0.25, -0.2) is 9.97 Å². The first kappa shape index (κ1) is 10.0. The van der Waals surface area contributed by atoms with Crippen molar-refractivity contribution in [1.82, 2.24) is 15.3 Å². The second kappa shape index (κ2) is 4.35. The fourth-order valence-electron chi connectivity index (χ4n) is 1.66. The van der Waals surface area contributed by atoms with Crippen LogP contribution in [-0.2, 0) is 4.79 Å². The van der Waals surface area contributed by atoms with E-state index >= 15 is 0 Å². The molecule has 1 N–H and O–H groups in total. The lowest BCUT2D eigenvalue weighted by molar-refractivity contribution is -0.121. The molecule has 0 aliphatic carbocycles. The number of hydrogen-bond acceptors (Lipinski definition) is 5. The van der Waals surface area contributed by atoms with E-state index in [0.717, 1.165) is 12.1 Å². The number of aromatic nitrogens is 2. The molecule has 1 atom stereocenters. The summed E-state index contributed by atoms with van der Waals surface area (Å²) in [5.41, 5.74) is 0.855. The third kappa shape index (κ3) is 2.12. The number of ether oxygens (including phenoxy) is 1. The molecule has 1 unspecified atom stereocenters. The van der Waals surface area contributed by atoms with Crippen molar-refractivity contribution < 1.29 is 9.53 Å². The summed E-state index contributed by atoms with van der Waals surface area (Å²) in [6.45, 7) is 1.45. The number of rotatable bonds is 2. The molecule has 1 aromatic rings. The van der Waals surface area contributed by atoms with Crippen molar-refractivity contribution >= 4 is 5.78 Å². The molecule has 1 aliphatic heterocycles. The SMILES string of the molecule is COc1ncc(C2CNCCC2=O)cn1. The highest BCUT2D eigenvalue weighted by atomic mass is 16.5. The predicted octanol–water partition coefficient (Wildman–Crippen LogP) is 0.131. The van der Waals surface area contributed by atoms with Crippen molar-refractivity contribution in [1.29, 1.82) is 0 Å². The van der Waals surface area contributed by atoms with Gasteiger partial charge in [0.25, 0.3) is 0 Å². The zero-order valence-electron chi connectivity index (χ0n) is 8.56. The first-order valence-corrected chi connectivity index (χ1v) is 4.90. The van der Waals surface area contributed by atoms with Gasteiger partial charge in [0.1, 0.15) is 5.78 Å². The van der Waals surface area contributed by atoms with Crippen LogP contribution in [0.5, 0.6) is 6.01 Å². The number of carbonyl (C=O) groups excluding carboxylic acids is 1. The zero-order valence-corrected chi connectivity index (χ0v) is 8.56. The standard InChI is InChI=1S/C10H13N3O2/c1-15-10-12-4-7(5-13-10)8-6-11-3-2-9(8)14/h4-5,8,11H,2-3,6H2,1H3. The van der Waals surface area contributed by atoms with Gasteiger partial charge in [-0.1, -0.05) is 0 Å². The fourth-order valence-corrected chi connectivity index (χ4v) is 1.66. The number of nitrogens with one attached hydrogen (secondary N) is 1. The summed E-state index contributed by atoms with van der Waals surface area (Å²) in [5, 5.41) is 3.18. The number of Topliss-reactive ketones (excluding diaryl/α,β-unsaturated/α-hetero) is 1. The highest BCUT2D eigenvalue weighted by Crippen LogP contribution is 2.19. The van der Waals surface area contributed by atoms with Gasteiger partial charge < -0.3 is 10.1 Å². The van der Waals surface area contributed by atoms with Crippen LogP contribution in [0, 0.1) is 0 Å². The smallest absolute Gasteiger partial charge is 0.316 e. The molecule has 0 amide bonds. The van der Waals surface area contributed by atoms with Crippen LogP contribution in [0.1, 0.15) is 17.9 Å². The molecule has 1 aliphatic rings. The zero-order chi connectivity index (χ0) is 10.7. The third-order valence-corrected chi connectivity index (χ3v) is 2.52. The molecule has 1 saturated heterocycles. The van der Waals surface area contributed by atoms with Crippen LogP contribution in [0.4, 0.5) is 0 Å². The summed E-state index contributed by atoms with van der Waals surface area (Å²) < 4.78 is 4.86. The minimum absolute atomic E-state index is 0.107. The molecule has 0 spiro atoms. The average molecular weight is 207 g/mol. The first-order valence-electron chi connectivity index (χ1n) is 4.90. The summed E-state index contributed by atoms with van der Waals surface area (Å²) in [6.07, 6.45) is 3.89. The lowest BCUT2D eigenvalue weighted by atomic mass is 9.92. The van der Waals surface area contributed by atoms with Gasteiger partial charge in [0.15, 0.2) is 0 Å². The maximum Gasteiger partial charge on any atom is 0.316 e. The van der Waals surface area contributed by atoms with Crippen molar-refractivity contribution in [2.75, 3.05) is 20.2 Å². The van der Waals surface area contributed by atoms with Crippen LogP contribution >= 0.6 is 0 Å². The molecule has 15 heavy (non-hydrogen) atoms. The average Bonchev–Trinajstić information content (AvgIpc) is 2.30. The van der Waals surface area contributed by atoms with Gasteiger partial charge in [0, 0.05) is 37.5 Å². The Morgan fingerprint density at radius 3 is 2.80 bits per heavy atom. The summed E-state index contributed by atoms with van der Waals surface area (Å²) >= 11 is 0. The van der Waals surface area contributed by atoms with Crippen LogP contribution in [0.2, 0.25) is 0 Å². The highest BCUT2D eigenvalue weighted by molar-refractivity contribution is 5.86. The second-order valence-electron chi connectivity index (χ2n) is 3.48.